The van der Waals surface area contributed by atoms with Crippen molar-refractivity contribution in [3.05, 3.63) is 29.6 Å². The van der Waals surface area contributed by atoms with Crippen molar-refractivity contribution in [1.29, 1.82) is 0 Å². The molecule has 0 radical (unpaired) electrons. The molecule has 0 atom stereocenters. The number of halogens is 1. The van der Waals surface area contributed by atoms with Crippen molar-refractivity contribution in [2.24, 2.45) is 0 Å². The average molecular weight is 375 g/mol. The number of hydrazine groups is 1. The minimum absolute atomic E-state index is 0.0866. The van der Waals surface area contributed by atoms with Crippen LogP contribution in [0.5, 0.6) is 0 Å². The Balaban J connectivity index is 2.19. The lowest BCUT2D eigenvalue weighted by molar-refractivity contribution is 0.0730. The van der Waals surface area contributed by atoms with Gasteiger partial charge in [-0.25, -0.2) is 23.0 Å². The number of ether oxygens (including phenoxy) is 2. The molecular formula is C14H18FN3O6S. The molecule has 1 aromatic carbocycles. The number of carbonyl (C=O) groups is 2. The van der Waals surface area contributed by atoms with Gasteiger partial charge in [-0.3, -0.25) is 10.2 Å². The first-order chi connectivity index (χ1) is 11.9. The van der Waals surface area contributed by atoms with Crippen LogP contribution in [0, 0.1) is 5.82 Å². The molecule has 1 aliphatic rings. The Morgan fingerprint density at radius 2 is 1.96 bits per heavy atom. The molecule has 9 nitrogen and oxygen atoms in total. The largest absolute Gasteiger partial charge is 0.449 e. The monoisotopic (exact) mass is 375 g/mol. The normalized spacial score (nSPS) is 15.4. The van der Waals surface area contributed by atoms with Crippen molar-refractivity contribution in [2.75, 3.05) is 32.9 Å². The van der Waals surface area contributed by atoms with Crippen LogP contribution in [0.3, 0.4) is 0 Å². The van der Waals surface area contributed by atoms with Crippen molar-refractivity contribution in [3.63, 3.8) is 0 Å². The molecule has 1 saturated heterocycles. The first-order valence-corrected chi connectivity index (χ1v) is 8.91. The fourth-order valence-corrected chi connectivity index (χ4v) is 3.55. The third-order valence-electron chi connectivity index (χ3n) is 3.34. The first kappa shape index (κ1) is 19.1. The highest BCUT2D eigenvalue weighted by Crippen LogP contribution is 2.20. The molecule has 25 heavy (non-hydrogen) atoms. The van der Waals surface area contributed by atoms with E-state index < -0.39 is 33.4 Å². The predicted octanol–water partition coefficient (Wildman–Crippen LogP) is 0.238. The molecule has 138 valence electrons. The summed E-state index contributed by atoms with van der Waals surface area (Å²) < 4.78 is 49.8. The number of benzene rings is 1. The Morgan fingerprint density at radius 1 is 1.28 bits per heavy atom. The van der Waals surface area contributed by atoms with Gasteiger partial charge in [-0.1, -0.05) is 0 Å². The van der Waals surface area contributed by atoms with E-state index >= 15 is 0 Å². The summed E-state index contributed by atoms with van der Waals surface area (Å²) in [6, 6.07) is 2.88. The third kappa shape index (κ3) is 4.65. The van der Waals surface area contributed by atoms with Crippen molar-refractivity contribution in [2.45, 2.75) is 11.8 Å². The Morgan fingerprint density at radius 3 is 2.60 bits per heavy atom. The number of rotatable bonds is 4. The SMILES string of the molecule is CCOC(=O)NNC(=O)c1cc(S(=O)(=O)N2CCOCC2)ccc1F. The summed E-state index contributed by atoms with van der Waals surface area (Å²) in [5.74, 6) is -1.94. The van der Waals surface area contributed by atoms with Gasteiger partial charge in [0.15, 0.2) is 0 Å². The zero-order chi connectivity index (χ0) is 18.4. The number of nitrogens with zero attached hydrogens (tertiary/aromatic N) is 1. The molecule has 0 aromatic heterocycles. The van der Waals surface area contributed by atoms with E-state index in [1.165, 1.54) is 4.31 Å². The van der Waals surface area contributed by atoms with Crippen molar-refractivity contribution < 1.29 is 31.9 Å². The standard InChI is InChI=1S/C14H18FN3O6S/c1-2-24-14(20)17-16-13(19)11-9-10(3-4-12(11)15)25(21,22)18-5-7-23-8-6-18/h3-4,9H,2,5-8H2,1H3,(H,16,19)(H,17,20). The van der Waals surface area contributed by atoms with Crippen LogP contribution in [0.15, 0.2) is 23.1 Å². The Hall–Kier alpha value is -2.24. The molecule has 1 fully saturated rings. The molecular weight excluding hydrogens is 357 g/mol. The highest BCUT2D eigenvalue weighted by atomic mass is 32.2. The zero-order valence-corrected chi connectivity index (χ0v) is 14.3. The molecule has 2 amide bonds. The van der Waals surface area contributed by atoms with Gasteiger partial charge in [0, 0.05) is 13.1 Å². The van der Waals surface area contributed by atoms with Gasteiger partial charge in [-0.05, 0) is 25.1 Å². The molecule has 11 heteroatoms. The third-order valence-corrected chi connectivity index (χ3v) is 5.24. The molecule has 2 rings (SSSR count). The second-order valence-corrected chi connectivity index (χ2v) is 6.90. The number of carbonyl (C=O) groups excluding carboxylic acids is 2. The van der Waals surface area contributed by atoms with Gasteiger partial charge in [-0.2, -0.15) is 4.31 Å². The van der Waals surface area contributed by atoms with E-state index in [4.69, 9.17) is 4.74 Å². The van der Waals surface area contributed by atoms with Gasteiger partial charge in [0.2, 0.25) is 10.0 Å². The average Bonchev–Trinajstić information content (AvgIpc) is 2.61. The number of amides is 2. The fraction of sp³-hybridized carbons (Fsp3) is 0.429. The first-order valence-electron chi connectivity index (χ1n) is 7.47. The number of sulfonamides is 1. The molecule has 0 saturated carbocycles. The molecule has 1 aliphatic heterocycles. The van der Waals surface area contributed by atoms with E-state index in [2.05, 4.69) is 4.74 Å². The van der Waals surface area contributed by atoms with Crippen LogP contribution in [0.2, 0.25) is 0 Å². The number of hydrogen-bond acceptors (Lipinski definition) is 6. The summed E-state index contributed by atoms with van der Waals surface area (Å²) in [5.41, 5.74) is 3.36. The minimum atomic E-state index is -3.88. The fourth-order valence-electron chi connectivity index (χ4n) is 2.12. The predicted molar refractivity (Wildman–Crippen MR) is 83.6 cm³/mol. The summed E-state index contributed by atoms with van der Waals surface area (Å²) in [7, 11) is -3.88. The minimum Gasteiger partial charge on any atom is -0.449 e. The molecule has 1 aromatic rings. The maximum Gasteiger partial charge on any atom is 0.426 e. The van der Waals surface area contributed by atoms with Crippen LogP contribution in [0.1, 0.15) is 17.3 Å². The lowest BCUT2D eigenvalue weighted by Crippen LogP contribution is -2.42. The van der Waals surface area contributed by atoms with Crippen LogP contribution < -0.4 is 10.9 Å². The maximum atomic E-state index is 13.9. The van der Waals surface area contributed by atoms with Crippen molar-refractivity contribution in [3.8, 4) is 0 Å². The van der Waals surface area contributed by atoms with Gasteiger partial charge in [-0.15, -0.1) is 0 Å². The van der Waals surface area contributed by atoms with Crippen LogP contribution in [0.25, 0.3) is 0 Å². The van der Waals surface area contributed by atoms with Crippen LogP contribution in [-0.4, -0.2) is 57.6 Å². The quantitative estimate of drug-likeness (QED) is 0.729. The van der Waals surface area contributed by atoms with E-state index in [9.17, 15) is 22.4 Å². The lowest BCUT2D eigenvalue weighted by atomic mass is 10.2. The van der Waals surface area contributed by atoms with E-state index in [-0.39, 0.29) is 37.8 Å². The van der Waals surface area contributed by atoms with E-state index in [1.807, 2.05) is 10.9 Å². The van der Waals surface area contributed by atoms with Crippen molar-refractivity contribution >= 4 is 22.0 Å². The Bertz CT molecular complexity index is 749. The molecule has 0 bridgehead atoms. The van der Waals surface area contributed by atoms with Crippen LogP contribution >= 0.6 is 0 Å². The van der Waals surface area contributed by atoms with Gasteiger partial charge < -0.3 is 9.47 Å². The Kier molecular flexibility index (Phi) is 6.28. The van der Waals surface area contributed by atoms with Crippen LogP contribution in [-0.2, 0) is 19.5 Å². The molecule has 0 unspecified atom stereocenters. The van der Waals surface area contributed by atoms with E-state index in [0.717, 1.165) is 18.2 Å². The summed E-state index contributed by atoms with van der Waals surface area (Å²) in [6.45, 7) is 2.52. The van der Waals surface area contributed by atoms with E-state index in [0.29, 0.717) is 0 Å². The second-order valence-electron chi connectivity index (χ2n) is 4.96. The zero-order valence-electron chi connectivity index (χ0n) is 13.5. The smallest absolute Gasteiger partial charge is 0.426 e. The van der Waals surface area contributed by atoms with Crippen molar-refractivity contribution in [1.82, 2.24) is 15.2 Å². The summed E-state index contributed by atoms with van der Waals surface area (Å²) in [6.07, 6.45) is -0.923. The van der Waals surface area contributed by atoms with E-state index in [1.54, 1.807) is 6.92 Å². The summed E-state index contributed by atoms with van der Waals surface area (Å²) in [5, 5.41) is 0. The summed E-state index contributed by atoms with van der Waals surface area (Å²) in [4.78, 5) is 22.9. The van der Waals surface area contributed by atoms with Gasteiger partial charge in [0.05, 0.1) is 30.3 Å². The second kappa shape index (κ2) is 8.23. The molecule has 0 spiro atoms. The lowest BCUT2D eigenvalue weighted by Gasteiger charge is -2.26. The number of hydrogen-bond donors (Lipinski definition) is 2. The van der Waals surface area contributed by atoms with Gasteiger partial charge >= 0.3 is 6.09 Å². The molecule has 0 aliphatic carbocycles. The van der Waals surface area contributed by atoms with Gasteiger partial charge in [0.1, 0.15) is 5.82 Å². The topological polar surface area (TPSA) is 114 Å². The molecule has 1 heterocycles. The Labute approximate surface area is 144 Å². The highest BCUT2D eigenvalue weighted by molar-refractivity contribution is 7.89. The highest BCUT2D eigenvalue weighted by Gasteiger charge is 2.28. The van der Waals surface area contributed by atoms with Gasteiger partial charge in [0.25, 0.3) is 5.91 Å². The maximum absolute atomic E-state index is 13.9. The van der Waals surface area contributed by atoms with Crippen LogP contribution in [0.4, 0.5) is 9.18 Å². The number of nitrogens with one attached hydrogen (secondary N) is 2. The number of morpholine rings is 1. The molecule has 2 N–H and O–H groups in total. The summed E-state index contributed by atoms with van der Waals surface area (Å²) >= 11 is 0.